The van der Waals surface area contributed by atoms with E-state index in [1.54, 1.807) is 30.4 Å². The first-order valence-corrected chi connectivity index (χ1v) is 10.8. The molecule has 0 aliphatic carbocycles. The molecule has 3 aromatic rings. The van der Waals surface area contributed by atoms with Gasteiger partial charge in [-0.3, -0.25) is 19.8 Å². The van der Waals surface area contributed by atoms with Crippen molar-refractivity contribution in [3.05, 3.63) is 97.2 Å². The summed E-state index contributed by atoms with van der Waals surface area (Å²) in [6.07, 6.45) is 0.982. The van der Waals surface area contributed by atoms with Gasteiger partial charge in [0.1, 0.15) is 0 Å². The van der Waals surface area contributed by atoms with Crippen LogP contribution in [0.5, 0.6) is 0 Å². The van der Waals surface area contributed by atoms with Gasteiger partial charge >= 0.3 is 0 Å². The molecule has 1 amide bonds. The number of nitrogens with zero attached hydrogens (tertiary/aromatic N) is 2. The molecule has 0 saturated carbocycles. The van der Waals surface area contributed by atoms with Crippen LogP contribution in [0.3, 0.4) is 0 Å². The molecule has 4 rings (SSSR count). The standard InChI is InChI=1S/C23H23N3O3S/c1-16-8-9-18(13-20(16)26(28)29)23(27)24-14-21(22-7-4-12-30-22)25-11-10-17-5-2-3-6-19(17)15-25/h2-9,12-13,21H,10-11,14-15H2,1H3,(H,24,27)/t21-/m0/s1. The zero-order valence-electron chi connectivity index (χ0n) is 16.7. The highest BCUT2D eigenvalue weighted by Crippen LogP contribution is 2.30. The first kappa shape index (κ1) is 20.3. The third kappa shape index (κ3) is 4.27. The van der Waals surface area contributed by atoms with E-state index >= 15 is 0 Å². The van der Waals surface area contributed by atoms with E-state index in [-0.39, 0.29) is 17.6 Å². The lowest BCUT2D eigenvalue weighted by Crippen LogP contribution is -2.40. The second-order valence-corrected chi connectivity index (χ2v) is 8.47. The van der Waals surface area contributed by atoms with Crippen molar-refractivity contribution in [2.24, 2.45) is 0 Å². The third-order valence-corrected chi connectivity index (χ3v) is 6.57. The Bertz CT molecular complexity index is 1070. The average molecular weight is 422 g/mol. The molecule has 2 aromatic carbocycles. The molecular formula is C23H23N3O3S. The van der Waals surface area contributed by atoms with Gasteiger partial charge in [0.05, 0.1) is 11.0 Å². The fourth-order valence-corrected chi connectivity index (χ4v) is 4.77. The summed E-state index contributed by atoms with van der Waals surface area (Å²) < 4.78 is 0. The SMILES string of the molecule is Cc1ccc(C(=O)NC[C@@H](c2cccs2)N2CCc3ccccc3C2)cc1[N+](=O)[O-]. The van der Waals surface area contributed by atoms with Crippen LogP contribution in [-0.4, -0.2) is 28.8 Å². The zero-order valence-corrected chi connectivity index (χ0v) is 17.5. The van der Waals surface area contributed by atoms with Gasteiger partial charge in [0, 0.05) is 41.7 Å². The van der Waals surface area contributed by atoms with E-state index in [2.05, 4.69) is 40.5 Å². The third-order valence-electron chi connectivity index (χ3n) is 5.60. The maximum atomic E-state index is 12.7. The molecule has 0 unspecified atom stereocenters. The highest BCUT2D eigenvalue weighted by molar-refractivity contribution is 7.10. The predicted octanol–water partition coefficient (Wildman–Crippen LogP) is 4.49. The van der Waals surface area contributed by atoms with Crippen molar-refractivity contribution in [3.63, 3.8) is 0 Å². The highest BCUT2D eigenvalue weighted by atomic mass is 32.1. The summed E-state index contributed by atoms with van der Waals surface area (Å²) >= 11 is 1.68. The molecule has 7 heteroatoms. The number of hydrogen-bond acceptors (Lipinski definition) is 5. The first-order valence-electron chi connectivity index (χ1n) is 9.90. The molecule has 0 bridgehead atoms. The minimum atomic E-state index is -0.453. The van der Waals surface area contributed by atoms with Crippen molar-refractivity contribution >= 4 is 22.9 Å². The molecule has 6 nitrogen and oxygen atoms in total. The summed E-state index contributed by atoms with van der Waals surface area (Å²) in [5.41, 5.74) is 3.52. The number of fused-ring (bicyclic) bond motifs is 1. The molecule has 1 aliphatic rings. The number of nitro groups is 1. The summed E-state index contributed by atoms with van der Waals surface area (Å²) in [5.74, 6) is -0.294. The Morgan fingerprint density at radius 2 is 2.00 bits per heavy atom. The number of aryl methyl sites for hydroxylation is 1. The van der Waals surface area contributed by atoms with E-state index in [0.717, 1.165) is 19.5 Å². The van der Waals surface area contributed by atoms with Crippen LogP contribution in [0.4, 0.5) is 5.69 Å². The zero-order chi connectivity index (χ0) is 21.1. The summed E-state index contributed by atoms with van der Waals surface area (Å²) in [4.78, 5) is 27.1. The van der Waals surface area contributed by atoms with Crippen LogP contribution in [0.15, 0.2) is 60.0 Å². The van der Waals surface area contributed by atoms with Crippen LogP contribution < -0.4 is 5.32 Å². The number of nitrogens with one attached hydrogen (secondary N) is 1. The number of thiophene rings is 1. The molecule has 0 radical (unpaired) electrons. The fraction of sp³-hybridized carbons (Fsp3) is 0.261. The summed E-state index contributed by atoms with van der Waals surface area (Å²) in [5, 5.41) is 16.2. The molecular weight excluding hydrogens is 398 g/mol. The smallest absolute Gasteiger partial charge is 0.273 e. The number of hydrogen-bond donors (Lipinski definition) is 1. The number of rotatable bonds is 6. The summed E-state index contributed by atoms with van der Waals surface area (Å²) in [7, 11) is 0. The van der Waals surface area contributed by atoms with Gasteiger partial charge in [0.15, 0.2) is 0 Å². The van der Waals surface area contributed by atoms with E-state index in [9.17, 15) is 14.9 Å². The van der Waals surface area contributed by atoms with Crippen LogP contribution in [0.1, 0.15) is 38.0 Å². The highest BCUT2D eigenvalue weighted by Gasteiger charge is 2.26. The molecule has 0 fully saturated rings. The van der Waals surface area contributed by atoms with Crippen molar-refractivity contribution in [3.8, 4) is 0 Å². The van der Waals surface area contributed by atoms with E-state index in [1.807, 2.05) is 11.4 Å². The van der Waals surface area contributed by atoms with Crippen LogP contribution in [-0.2, 0) is 13.0 Å². The van der Waals surface area contributed by atoms with Crippen molar-refractivity contribution < 1.29 is 9.72 Å². The topological polar surface area (TPSA) is 75.5 Å². The molecule has 30 heavy (non-hydrogen) atoms. The Morgan fingerprint density at radius 1 is 1.20 bits per heavy atom. The lowest BCUT2D eigenvalue weighted by atomic mass is 9.98. The maximum absolute atomic E-state index is 12.7. The minimum Gasteiger partial charge on any atom is -0.350 e. The van der Waals surface area contributed by atoms with Gasteiger partial charge in [0.25, 0.3) is 11.6 Å². The average Bonchev–Trinajstić information content (AvgIpc) is 3.28. The number of nitro benzene ring substituents is 1. The second-order valence-electron chi connectivity index (χ2n) is 7.49. The number of carbonyl (C=O) groups excluding carboxylic acids is 1. The molecule has 1 atom stereocenters. The summed E-state index contributed by atoms with van der Waals surface area (Å²) in [6.45, 7) is 3.88. The van der Waals surface area contributed by atoms with Crippen LogP contribution in [0.25, 0.3) is 0 Å². The molecule has 0 saturated heterocycles. The van der Waals surface area contributed by atoms with Crippen molar-refractivity contribution in [2.45, 2.75) is 25.9 Å². The van der Waals surface area contributed by atoms with Gasteiger partial charge in [-0.1, -0.05) is 36.4 Å². The molecule has 154 valence electrons. The van der Waals surface area contributed by atoms with Crippen LogP contribution in [0.2, 0.25) is 0 Å². The lowest BCUT2D eigenvalue weighted by molar-refractivity contribution is -0.385. The monoisotopic (exact) mass is 421 g/mol. The van der Waals surface area contributed by atoms with Gasteiger partial charge < -0.3 is 5.32 Å². The van der Waals surface area contributed by atoms with Crippen molar-refractivity contribution in [2.75, 3.05) is 13.1 Å². The largest absolute Gasteiger partial charge is 0.350 e. The van der Waals surface area contributed by atoms with E-state index < -0.39 is 4.92 Å². The molecule has 0 spiro atoms. The first-order chi connectivity index (χ1) is 14.5. The number of benzene rings is 2. The van der Waals surface area contributed by atoms with E-state index in [1.165, 1.54) is 22.1 Å². The van der Waals surface area contributed by atoms with Gasteiger partial charge in [-0.15, -0.1) is 11.3 Å². The lowest BCUT2D eigenvalue weighted by Gasteiger charge is -2.35. The number of carbonyl (C=O) groups is 1. The van der Waals surface area contributed by atoms with Gasteiger partial charge in [-0.2, -0.15) is 0 Å². The van der Waals surface area contributed by atoms with Gasteiger partial charge in [-0.25, -0.2) is 0 Å². The molecule has 1 N–H and O–H groups in total. The van der Waals surface area contributed by atoms with E-state index in [0.29, 0.717) is 17.7 Å². The van der Waals surface area contributed by atoms with Gasteiger partial charge in [-0.05, 0) is 42.0 Å². The Labute approximate surface area is 179 Å². The normalized spacial score (nSPS) is 14.7. The fourth-order valence-electron chi connectivity index (χ4n) is 3.91. The molecule has 2 heterocycles. The van der Waals surface area contributed by atoms with Gasteiger partial charge in [0.2, 0.25) is 0 Å². The Hall–Kier alpha value is -3.03. The van der Waals surface area contributed by atoms with Crippen molar-refractivity contribution in [1.29, 1.82) is 0 Å². The quantitative estimate of drug-likeness (QED) is 0.470. The van der Waals surface area contributed by atoms with Crippen molar-refractivity contribution in [1.82, 2.24) is 10.2 Å². The maximum Gasteiger partial charge on any atom is 0.273 e. The Kier molecular flexibility index (Phi) is 5.92. The number of amides is 1. The second kappa shape index (κ2) is 8.77. The predicted molar refractivity (Wildman–Crippen MR) is 118 cm³/mol. The minimum absolute atomic E-state index is 0.0369. The van der Waals surface area contributed by atoms with E-state index in [4.69, 9.17) is 0 Å². The Balaban J connectivity index is 1.51. The Morgan fingerprint density at radius 3 is 2.73 bits per heavy atom. The van der Waals surface area contributed by atoms with Crippen LogP contribution in [0, 0.1) is 17.0 Å². The molecule has 1 aromatic heterocycles. The molecule has 1 aliphatic heterocycles. The summed E-state index contributed by atoms with van der Waals surface area (Å²) in [6, 6.07) is 17.3. The van der Waals surface area contributed by atoms with Crippen LogP contribution >= 0.6 is 11.3 Å².